The minimum atomic E-state index is -0.998. The number of rotatable bonds is 7. The van der Waals surface area contributed by atoms with Crippen molar-refractivity contribution in [3.8, 4) is 0 Å². The van der Waals surface area contributed by atoms with Crippen molar-refractivity contribution in [1.29, 1.82) is 0 Å². The molecule has 5 nitrogen and oxygen atoms in total. The molecule has 1 aliphatic heterocycles. The van der Waals surface area contributed by atoms with Gasteiger partial charge in [0.15, 0.2) is 0 Å². The van der Waals surface area contributed by atoms with Crippen LogP contribution in [-0.2, 0) is 4.87 Å². The number of hydrogen-bond acceptors (Lipinski definition) is 7. The Labute approximate surface area is 251 Å². The Kier molecular flexibility index (Phi) is 8.41. The summed E-state index contributed by atoms with van der Waals surface area (Å²) in [5.74, 6) is -1.19. The van der Waals surface area contributed by atoms with Gasteiger partial charge in [-0.1, -0.05) is 81.6 Å². The third-order valence-electron chi connectivity index (χ3n) is 6.19. The van der Waals surface area contributed by atoms with Crippen molar-refractivity contribution >= 4 is 79.7 Å². The van der Waals surface area contributed by atoms with Crippen LogP contribution >= 0.6 is 69.5 Å². The zero-order valence-corrected chi connectivity index (χ0v) is 24.8. The molecule has 3 aromatic carbocycles. The average Bonchev–Trinajstić information content (AvgIpc) is 3.51. The number of halogens is 6. The van der Waals surface area contributed by atoms with E-state index < -0.39 is 22.5 Å². The predicted octanol–water partition coefficient (Wildman–Crippen LogP) is 8.99. The van der Waals surface area contributed by atoms with Crippen LogP contribution in [0.15, 0.2) is 59.7 Å². The lowest BCUT2D eigenvalue weighted by atomic mass is 9.95. The highest BCUT2D eigenvalue weighted by Crippen LogP contribution is 2.54. The van der Waals surface area contributed by atoms with E-state index in [1.54, 1.807) is 29.3 Å². The van der Waals surface area contributed by atoms with Gasteiger partial charge in [-0.25, -0.2) is 13.8 Å². The molecule has 4 aromatic rings. The molecule has 2 N–H and O–H groups in total. The van der Waals surface area contributed by atoms with Crippen LogP contribution in [0, 0.1) is 18.6 Å². The van der Waals surface area contributed by atoms with Crippen molar-refractivity contribution in [3.63, 3.8) is 0 Å². The Bertz CT molecular complexity index is 1580. The van der Waals surface area contributed by atoms with E-state index in [-0.39, 0.29) is 10.6 Å². The second kappa shape index (κ2) is 11.5. The van der Waals surface area contributed by atoms with Gasteiger partial charge in [0.05, 0.1) is 20.1 Å². The highest BCUT2D eigenvalue weighted by Gasteiger charge is 2.48. The fraction of sp³-hybridized carbons (Fsp3) is 0.192. The number of aryl methyl sites for hydroxylation is 1. The molecule has 2 heterocycles. The Morgan fingerprint density at radius 3 is 2.31 bits per heavy atom. The minimum Gasteiger partial charge on any atom is -0.324 e. The van der Waals surface area contributed by atoms with Gasteiger partial charge in [0, 0.05) is 11.6 Å². The van der Waals surface area contributed by atoms with Gasteiger partial charge in [0.1, 0.15) is 26.6 Å². The molecular weight excluding hydrogens is 626 g/mol. The number of anilines is 1. The molecule has 1 aliphatic rings. The lowest BCUT2D eigenvalue weighted by Gasteiger charge is -2.36. The molecule has 0 fully saturated rings. The zero-order chi connectivity index (χ0) is 27.9. The van der Waals surface area contributed by atoms with Crippen molar-refractivity contribution in [2.45, 2.75) is 30.7 Å². The van der Waals surface area contributed by atoms with Gasteiger partial charge in [0.25, 0.3) is 0 Å². The van der Waals surface area contributed by atoms with Gasteiger partial charge < -0.3 is 5.73 Å². The Hall–Kier alpha value is -1.98. The van der Waals surface area contributed by atoms with Crippen molar-refractivity contribution in [3.05, 3.63) is 108 Å². The molecule has 0 saturated carbocycles. The van der Waals surface area contributed by atoms with Crippen molar-refractivity contribution in [2.75, 3.05) is 5.01 Å². The van der Waals surface area contributed by atoms with E-state index in [9.17, 15) is 8.78 Å². The summed E-state index contributed by atoms with van der Waals surface area (Å²) >= 11 is 27.6. The van der Waals surface area contributed by atoms with Gasteiger partial charge in [-0.3, -0.25) is 0 Å². The van der Waals surface area contributed by atoms with Crippen molar-refractivity contribution in [1.82, 2.24) is 10.2 Å². The van der Waals surface area contributed by atoms with Gasteiger partial charge in [-0.15, -0.1) is 10.2 Å². The quantitative estimate of drug-likeness (QED) is 0.217. The first kappa shape index (κ1) is 28.5. The van der Waals surface area contributed by atoms with Crippen molar-refractivity contribution < 1.29 is 8.78 Å². The molecule has 39 heavy (non-hydrogen) atoms. The summed E-state index contributed by atoms with van der Waals surface area (Å²) < 4.78 is 29.2. The third kappa shape index (κ3) is 5.77. The highest BCUT2D eigenvalue weighted by molar-refractivity contribution is 8.15. The summed E-state index contributed by atoms with van der Waals surface area (Å²) in [6.45, 7) is 1.82. The molecule has 0 aliphatic carbocycles. The van der Waals surface area contributed by atoms with Crippen molar-refractivity contribution in [2.24, 2.45) is 10.8 Å². The lowest BCUT2D eigenvalue weighted by molar-refractivity contribution is 0.485. The number of hydrazone groups is 1. The number of hydrogen-bond donors (Lipinski definition) is 1. The van der Waals surface area contributed by atoms with E-state index in [0.717, 1.165) is 29.3 Å². The topological polar surface area (TPSA) is 67.4 Å². The Morgan fingerprint density at radius 1 is 0.923 bits per heavy atom. The van der Waals surface area contributed by atoms with Crippen LogP contribution in [0.1, 0.15) is 40.6 Å². The van der Waals surface area contributed by atoms with Crippen LogP contribution in [0.25, 0.3) is 0 Å². The van der Waals surface area contributed by atoms with E-state index >= 15 is 0 Å². The number of benzene rings is 3. The van der Waals surface area contributed by atoms with E-state index in [0.29, 0.717) is 43.1 Å². The summed E-state index contributed by atoms with van der Waals surface area (Å²) in [5, 5.41) is 17.9. The van der Waals surface area contributed by atoms with Gasteiger partial charge in [-0.2, -0.15) is 5.10 Å². The molecule has 0 saturated heterocycles. The number of aromatic nitrogens is 2. The predicted molar refractivity (Wildman–Crippen MR) is 158 cm³/mol. The molecule has 0 radical (unpaired) electrons. The molecule has 2 unspecified atom stereocenters. The first-order chi connectivity index (χ1) is 18.6. The Balaban J connectivity index is 1.62. The Morgan fingerprint density at radius 2 is 1.64 bits per heavy atom. The lowest BCUT2D eigenvalue weighted by Crippen LogP contribution is -2.38. The summed E-state index contributed by atoms with van der Waals surface area (Å²) in [4.78, 5) is -0.998. The fourth-order valence-electron chi connectivity index (χ4n) is 4.22. The summed E-state index contributed by atoms with van der Waals surface area (Å²) in [6, 6.07) is 13.3. The second-order valence-electron chi connectivity index (χ2n) is 8.78. The number of nitrogens with two attached hydrogens (primary N) is 1. The molecular formula is C26H19Cl4F2N5S2. The third-order valence-corrected chi connectivity index (χ3v) is 9.93. The standard InChI is InChI=1S/C26H19Cl4F2N5S2/c1-13-34-35-25(38-13)37-26(15-3-6-19(28)21(30)11-15,9-8-23(33)14-2-5-18(27)20(29)10-14)39-24(36-37)17-12-16(31)4-7-22(17)32/h2-7,10-12,23H,8-9,33H2,1H3. The first-order valence-electron chi connectivity index (χ1n) is 11.6. The number of thioether (sulfide) groups is 1. The van der Waals surface area contributed by atoms with E-state index in [2.05, 4.69) is 10.2 Å². The molecule has 0 bridgehead atoms. The second-order valence-corrected chi connectivity index (χ2v) is 12.8. The van der Waals surface area contributed by atoms with Crippen LogP contribution < -0.4 is 10.7 Å². The van der Waals surface area contributed by atoms with Gasteiger partial charge >= 0.3 is 0 Å². The molecule has 0 amide bonds. The van der Waals surface area contributed by atoms with Crippen LogP contribution in [0.4, 0.5) is 13.9 Å². The largest absolute Gasteiger partial charge is 0.324 e. The molecule has 5 rings (SSSR count). The molecule has 13 heteroatoms. The van der Waals surface area contributed by atoms with E-state index in [4.69, 9.17) is 57.2 Å². The summed E-state index contributed by atoms with van der Waals surface area (Å²) in [6.07, 6.45) is 0.855. The van der Waals surface area contributed by atoms with Crippen LogP contribution in [-0.4, -0.2) is 15.2 Å². The van der Waals surface area contributed by atoms with Gasteiger partial charge in [0.2, 0.25) is 5.13 Å². The van der Waals surface area contributed by atoms with Gasteiger partial charge in [-0.05, 0) is 73.4 Å². The maximum atomic E-state index is 14.9. The maximum Gasteiger partial charge on any atom is 0.230 e. The highest BCUT2D eigenvalue weighted by atomic mass is 35.5. The zero-order valence-electron chi connectivity index (χ0n) is 20.1. The molecule has 1 aromatic heterocycles. The van der Waals surface area contributed by atoms with Crippen LogP contribution in [0.5, 0.6) is 0 Å². The number of nitrogens with zero attached hydrogens (tertiary/aromatic N) is 4. The summed E-state index contributed by atoms with van der Waals surface area (Å²) in [7, 11) is 0. The maximum absolute atomic E-state index is 14.9. The molecule has 202 valence electrons. The molecule has 0 spiro atoms. The van der Waals surface area contributed by atoms with Crippen LogP contribution in [0.3, 0.4) is 0 Å². The van der Waals surface area contributed by atoms with E-state index in [1.807, 2.05) is 19.1 Å². The average molecular weight is 645 g/mol. The van der Waals surface area contributed by atoms with Crippen LogP contribution in [0.2, 0.25) is 20.1 Å². The summed E-state index contributed by atoms with van der Waals surface area (Å²) in [5.41, 5.74) is 8.17. The minimum absolute atomic E-state index is 0.0296. The SMILES string of the molecule is Cc1nnc(N2N=C(c3cc(F)ccc3F)SC2(CCC(N)c2ccc(Cl)c(Cl)c2)c2ccc(Cl)c(Cl)c2)s1. The molecule has 2 atom stereocenters. The monoisotopic (exact) mass is 643 g/mol. The normalized spacial score (nSPS) is 17.9. The first-order valence-corrected chi connectivity index (χ1v) is 14.7. The fourth-order valence-corrected chi connectivity index (χ4v) is 6.98. The smallest absolute Gasteiger partial charge is 0.230 e. The van der Waals surface area contributed by atoms with E-state index in [1.165, 1.54) is 23.1 Å².